The summed E-state index contributed by atoms with van der Waals surface area (Å²) in [5.74, 6) is 6.46. The first-order chi connectivity index (χ1) is 22.6. The Morgan fingerprint density at radius 2 is 1.72 bits per heavy atom. The van der Waals surface area contributed by atoms with Gasteiger partial charge in [0, 0.05) is 71.4 Å². The lowest BCUT2D eigenvalue weighted by Gasteiger charge is -2.39. The van der Waals surface area contributed by atoms with E-state index in [-0.39, 0.29) is 36.2 Å². The van der Waals surface area contributed by atoms with Gasteiger partial charge in [-0.3, -0.25) is 24.0 Å². The standard InChI is InChI=1S/C33H49N7O6S/c1-25(8-9-31(42)35-24-41)40-30-7-3-5-27(32(30)36(2)33(40)43)6-4-22-46-29-14-16-37(17-15-29)23-26-10-18-38(19-11-26)47(44,45)39-20-12-28(34)13-21-39/h3,5,7,24-26,28-29H,8-23,34H2,1-2H3,(H,35,41,42). The number of nitrogens with zero attached hydrogens (tertiary/aromatic N) is 5. The SMILES string of the molecule is CC(CCC(=O)NC=O)n1c(=O)n(C)c2c(C#CCOC3CCN(CC4CCN(S(=O)(=O)N5CCC(N)CC5)CC4)CC3)cccc21. The minimum atomic E-state index is -3.39. The third kappa shape index (κ3) is 8.51. The number of imidazole rings is 1. The maximum absolute atomic E-state index is 13.1. The molecular weight excluding hydrogens is 622 g/mol. The fraction of sp³-hybridized carbons (Fsp3) is 0.667. The third-order valence-corrected chi connectivity index (χ3v) is 12.0. The molecule has 0 aliphatic carbocycles. The van der Waals surface area contributed by atoms with Gasteiger partial charge in [-0.25, -0.2) is 4.79 Å². The highest BCUT2D eigenvalue weighted by atomic mass is 32.2. The predicted molar refractivity (Wildman–Crippen MR) is 180 cm³/mol. The van der Waals surface area contributed by atoms with Gasteiger partial charge in [0.2, 0.25) is 12.3 Å². The number of nitrogens with one attached hydrogen (secondary N) is 1. The number of amides is 2. The molecule has 2 aromatic rings. The van der Waals surface area contributed by atoms with Crippen LogP contribution in [0.15, 0.2) is 23.0 Å². The van der Waals surface area contributed by atoms with Crippen LogP contribution in [0.5, 0.6) is 0 Å². The summed E-state index contributed by atoms with van der Waals surface area (Å²) in [6.45, 7) is 7.29. The van der Waals surface area contributed by atoms with Crippen LogP contribution >= 0.6 is 0 Å². The summed E-state index contributed by atoms with van der Waals surface area (Å²) in [7, 11) is -1.67. The van der Waals surface area contributed by atoms with Crippen molar-refractivity contribution in [1.29, 1.82) is 0 Å². The molecule has 1 aromatic carbocycles. The van der Waals surface area contributed by atoms with E-state index in [1.54, 1.807) is 24.8 Å². The number of nitrogens with two attached hydrogens (primary N) is 1. The molecule has 1 aromatic heterocycles. The maximum atomic E-state index is 13.1. The third-order valence-electron chi connectivity index (χ3n) is 9.94. The topological polar surface area (TPSA) is 152 Å². The van der Waals surface area contributed by atoms with Crippen LogP contribution in [0.2, 0.25) is 0 Å². The lowest BCUT2D eigenvalue weighted by Crippen LogP contribution is -2.51. The fourth-order valence-corrected chi connectivity index (χ4v) is 8.75. The Hall–Kier alpha value is -3.06. The molecule has 0 spiro atoms. The fourth-order valence-electron chi connectivity index (χ4n) is 7.08. The van der Waals surface area contributed by atoms with Crippen LogP contribution in [-0.4, -0.2) is 108 Å². The monoisotopic (exact) mass is 671 g/mol. The number of para-hydroxylation sites is 1. The summed E-state index contributed by atoms with van der Waals surface area (Å²) in [6.07, 6.45) is 6.16. The molecule has 2 amide bonds. The molecule has 3 aliphatic heterocycles. The number of hydrogen-bond acceptors (Lipinski definition) is 8. The molecule has 3 fully saturated rings. The molecule has 1 atom stereocenters. The number of fused-ring (bicyclic) bond motifs is 1. The Balaban J connectivity index is 1.07. The summed E-state index contributed by atoms with van der Waals surface area (Å²) in [5, 5.41) is 2.14. The van der Waals surface area contributed by atoms with E-state index in [0.717, 1.165) is 74.8 Å². The summed E-state index contributed by atoms with van der Waals surface area (Å²) >= 11 is 0. The van der Waals surface area contributed by atoms with Gasteiger partial charge in [-0.2, -0.15) is 17.0 Å². The van der Waals surface area contributed by atoms with Crippen LogP contribution in [0.25, 0.3) is 11.0 Å². The van der Waals surface area contributed by atoms with Crippen LogP contribution in [-0.2, 0) is 31.6 Å². The van der Waals surface area contributed by atoms with Crippen molar-refractivity contribution in [3.05, 3.63) is 34.2 Å². The van der Waals surface area contributed by atoms with E-state index in [0.29, 0.717) is 51.5 Å². The first-order valence-electron chi connectivity index (χ1n) is 16.8. The number of rotatable bonds is 11. The van der Waals surface area contributed by atoms with Crippen molar-refractivity contribution in [2.45, 2.75) is 76.5 Å². The Morgan fingerprint density at radius 1 is 1.06 bits per heavy atom. The molecule has 47 heavy (non-hydrogen) atoms. The molecule has 3 saturated heterocycles. The van der Waals surface area contributed by atoms with Crippen molar-refractivity contribution in [2.24, 2.45) is 18.7 Å². The molecule has 0 bridgehead atoms. The number of imide groups is 1. The number of likely N-dealkylation sites (tertiary alicyclic amines) is 1. The number of piperidine rings is 3. The molecule has 1 unspecified atom stereocenters. The quantitative estimate of drug-likeness (QED) is 0.267. The smallest absolute Gasteiger partial charge is 0.329 e. The summed E-state index contributed by atoms with van der Waals surface area (Å²) in [6, 6.07) is 5.51. The lowest BCUT2D eigenvalue weighted by molar-refractivity contribution is -0.125. The minimum Gasteiger partial charge on any atom is -0.365 e. The van der Waals surface area contributed by atoms with Crippen LogP contribution < -0.4 is 16.7 Å². The normalized spacial score (nSPS) is 20.6. The highest BCUT2D eigenvalue weighted by molar-refractivity contribution is 7.86. The highest BCUT2D eigenvalue weighted by Gasteiger charge is 2.35. The number of aromatic nitrogens is 2. The van der Waals surface area contributed by atoms with Gasteiger partial charge in [0.1, 0.15) is 6.61 Å². The van der Waals surface area contributed by atoms with Crippen molar-refractivity contribution in [3.8, 4) is 11.8 Å². The van der Waals surface area contributed by atoms with Crippen molar-refractivity contribution < 1.29 is 22.7 Å². The molecular formula is C33H49N7O6S. The number of ether oxygens (including phenoxy) is 1. The largest absolute Gasteiger partial charge is 0.365 e. The number of aryl methyl sites for hydroxylation is 1. The Morgan fingerprint density at radius 3 is 2.38 bits per heavy atom. The molecule has 4 heterocycles. The molecule has 0 radical (unpaired) electrons. The first-order valence-corrected chi connectivity index (χ1v) is 18.2. The van der Waals surface area contributed by atoms with E-state index in [1.165, 1.54) is 0 Å². The van der Waals surface area contributed by atoms with Gasteiger partial charge < -0.3 is 15.4 Å². The van der Waals surface area contributed by atoms with E-state index in [2.05, 4.69) is 22.1 Å². The lowest BCUT2D eigenvalue weighted by atomic mass is 9.96. The Bertz CT molecular complexity index is 1620. The second-order valence-corrected chi connectivity index (χ2v) is 15.1. The second-order valence-electron chi connectivity index (χ2n) is 13.2. The summed E-state index contributed by atoms with van der Waals surface area (Å²) < 4.78 is 38.8. The molecule has 3 aliphatic rings. The predicted octanol–water partition coefficient (Wildman–Crippen LogP) is 1.17. The average molecular weight is 672 g/mol. The number of carbonyl (C=O) groups excluding carboxylic acids is 2. The van der Waals surface area contributed by atoms with E-state index < -0.39 is 10.2 Å². The minimum absolute atomic E-state index is 0.105. The van der Waals surface area contributed by atoms with Gasteiger partial charge in [-0.15, -0.1) is 0 Å². The van der Waals surface area contributed by atoms with Crippen LogP contribution in [0.4, 0.5) is 0 Å². The van der Waals surface area contributed by atoms with Gasteiger partial charge in [-0.05, 0) is 69.9 Å². The van der Waals surface area contributed by atoms with Crippen LogP contribution in [0.1, 0.15) is 69.9 Å². The Labute approximate surface area is 277 Å². The van der Waals surface area contributed by atoms with Crippen molar-refractivity contribution >= 4 is 33.6 Å². The first kappa shape index (κ1) is 35.3. The van der Waals surface area contributed by atoms with Gasteiger partial charge in [0.15, 0.2) is 0 Å². The van der Waals surface area contributed by atoms with Gasteiger partial charge in [0.05, 0.1) is 22.7 Å². The van der Waals surface area contributed by atoms with Crippen molar-refractivity contribution in [3.63, 3.8) is 0 Å². The average Bonchev–Trinajstić information content (AvgIpc) is 3.33. The van der Waals surface area contributed by atoms with E-state index in [9.17, 15) is 22.8 Å². The maximum Gasteiger partial charge on any atom is 0.329 e. The van der Waals surface area contributed by atoms with Crippen molar-refractivity contribution in [2.75, 3.05) is 52.4 Å². The summed E-state index contributed by atoms with van der Waals surface area (Å²) in [5.41, 5.74) is 8.01. The van der Waals surface area contributed by atoms with Crippen LogP contribution in [0.3, 0.4) is 0 Å². The summed E-state index contributed by atoms with van der Waals surface area (Å²) in [4.78, 5) is 37.9. The number of hydrogen-bond donors (Lipinski definition) is 2. The molecule has 258 valence electrons. The number of carbonyl (C=O) groups is 2. The Kier molecular flexibility index (Phi) is 11.9. The zero-order valence-corrected chi connectivity index (χ0v) is 28.4. The van der Waals surface area contributed by atoms with Gasteiger partial charge >= 0.3 is 5.69 Å². The molecule has 3 N–H and O–H groups in total. The van der Waals surface area contributed by atoms with E-state index in [4.69, 9.17) is 10.5 Å². The molecule has 0 saturated carbocycles. The van der Waals surface area contributed by atoms with E-state index in [1.807, 2.05) is 25.1 Å². The second kappa shape index (κ2) is 15.9. The van der Waals surface area contributed by atoms with Gasteiger partial charge in [0.25, 0.3) is 10.2 Å². The molecule has 13 nitrogen and oxygen atoms in total. The van der Waals surface area contributed by atoms with Crippen LogP contribution in [0, 0.1) is 17.8 Å². The molecule has 14 heteroatoms. The zero-order valence-electron chi connectivity index (χ0n) is 27.6. The molecule has 5 rings (SSSR count). The van der Waals surface area contributed by atoms with E-state index >= 15 is 0 Å². The number of benzene rings is 1. The van der Waals surface area contributed by atoms with Gasteiger partial charge in [-0.1, -0.05) is 17.9 Å². The van der Waals surface area contributed by atoms with Crippen molar-refractivity contribution in [1.82, 2.24) is 28.0 Å². The zero-order chi connectivity index (χ0) is 33.6. The highest BCUT2D eigenvalue weighted by Crippen LogP contribution is 2.26.